The van der Waals surface area contributed by atoms with Gasteiger partial charge >= 0.3 is 0 Å². The fourth-order valence-corrected chi connectivity index (χ4v) is 8.04. The van der Waals surface area contributed by atoms with Crippen molar-refractivity contribution in [2.45, 2.75) is 7.43 Å². The molecule has 1 heterocycles. The van der Waals surface area contributed by atoms with Crippen LogP contribution in [0.2, 0.25) is 0 Å². The Morgan fingerprint density at radius 1 is 0.413 bits per heavy atom. The summed E-state index contributed by atoms with van der Waals surface area (Å²) in [7, 11) is 0. The molecular weight excluding hydrogens is 781 g/mol. The summed E-state index contributed by atoms with van der Waals surface area (Å²) < 4.78 is 0. The standard InChI is InChI=1S/C26H12N4.C18H10O2.C8H6N4.CH4/c27-13-16-11-22-23(12-17(16)14-28)30-26-24-18-6-2-1-5-15(18)9-10-20(24)19-7-3-4-8-21(19)25(26)29-22;19-17-15-8-4-3-7-13(15)14-10-9-11-5-1-2-6-12(11)16(14)18(17)20;9-3-5-1-7(11)8(12)2-6(5)4-10;/h1-12H;1-10H;1-2H,11-12H2;1H4. The van der Waals surface area contributed by atoms with Crippen LogP contribution >= 0.6 is 0 Å². The number of carbonyl (C=O) groups is 2. The summed E-state index contributed by atoms with van der Waals surface area (Å²) in [6, 6.07) is 53.6. The van der Waals surface area contributed by atoms with E-state index in [4.69, 9.17) is 32.0 Å². The summed E-state index contributed by atoms with van der Waals surface area (Å²) in [5.41, 5.74) is 18.2. The zero-order valence-electron chi connectivity index (χ0n) is 32.5. The highest BCUT2D eigenvalue weighted by Gasteiger charge is 2.31. The zero-order chi connectivity index (χ0) is 43.1. The summed E-state index contributed by atoms with van der Waals surface area (Å²) in [5, 5.41) is 44.4. The van der Waals surface area contributed by atoms with Gasteiger partial charge in [0.25, 0.3) is 0 Å². The molecule has 1 aliphatic carbocycles. The first-order valence-electron chi connectivity index (χ1n) is 19.2. The number of aromatic nitrogens is 2. The lowest BCUT2D eigenvalue weighted by Gasteiger charge is -2.19. The van der Waals surface area contributed by atoms with E-state index in [1.54, 1.807) is 24.3 Å². The van der Waals surface area contributed by atoms with E-state index in [0.29, 0.717) is 44.7 Å². The molecule has 296 valence electrons. The quantitative estimate of drug-likeness (QED) is 0.0640. The molecule has 10 heteroatoms. The minimum Gasteiger partial charge on any atom is -0.397 e. The van der Waals surface area contributed by atoms with Crippen LogP contribution in [0.1, 0.15) is 50.4 Å². The molecular formula is C53H32N8O2. The smallest absolute Gasteiger partial charge is 0.234 e. The van der Waals surface area contributed by atoms with E-state index in [9.17, 15) is 20.1 Å². The van der Waals surface area contributed by atoms with Crippen LogP contribution in [0.25, 0.3) is 76.3 Å². The Bertz CT molecular complexity index is 3730. The van der Waals surface area contributed by atoms with Crippen LogP contribution in [0.3, 0.4) is 0 Å². The normalized spacial score (nSPS) is 11.2. The van der Waals surface area contributed by atoms with Gasteiger partial charge in [0, 0.05) is 21.9 Å². The van der Waals surface area contributed by atoms with E-state index in [1.807, 2.05) is 84.9 Å². The predicted molar refractivity (Wildman–Crippen MR) is 248 cm³/mol. The van der Waals surface area contributed by atoms with Crippen LogP contribution in [-0.4, -0.2) is 21.5 Å². The second-order valence-corrected chi connectivity index (χ2v) is 14.4. The van der Waals surface area contributed by atoms with Gasteiger partial charge in [0.15, 0.2) is 0 Å². The lowest BCUT2D eigenvalue weighted by atomic mass is 9.81. The Labute approximate surface area is 360 Å². The van der Waals surface area contributed by atoms with Crippen molar-refractivity contribution >= 4 is 88.1 Å². The third-order valence-electron chi connectivity index (χ3n) is 11.0. The molecule has 0 unspecified atom stereocenters. The number of nitriles is 4. The fraction of sp³-hybridized carbons (Fsp3) is 0.0189. The number of nitrogens with two attached hydrogens (primary N) is 2. The van der Waals surface area contributed by atoms with Gasteiger partial charge in [0.2, 0.25) is 11.6 Å². The van der Waals surface area contributed by atoms with Gasteiger partial charge in [-0.05, 0) is 67.7 Å². The van der Waals surface area contributed by atoms with E-state index in [-0.39, 0.29) is 18.6 Å². The molecule has 9 aromatic carbocycles. The average Bonchev–Trinajstić information content (AvgIpc) is 3.32. The summed E-state index contributed by atoms with van der Waals surface area (Å²) in [5.74, 6) is -0.819. The van der Waals surface area contributed by atoms with E-state index in [1.165, 1.54) is 12.1 Å². The second-order valence-electron chi connectivity index (χ2n) is 14.4. The van der Waals surface area contributed by atoms with Crippen LogP contribution in [0, 0.1) is 45.3 Å². The van der Waals surface area contributed by atoms with Crippen molar-refractivity contribution in [2.24, 2.45) is 0 Å². The van der Waals surface area contributed by atoms with Crippen LogP contribution in [-0.2, 0) is 0 Å². The molecule has 0 amide bonds. The third-order valence-corrected chi connectivity index (χ3v) is 11.0. The van der Waals surface area contributed by atoms with Crippen LogP contribution in [0.4, 0.5) is 11.4 Å². The van der Waals surface area contributed by atoms with E-state index in [0.717, 1.165) is 65.3 Å². The average molecular weight is 813 g/mol. The van der Waals surface area contributed by atoms with Crippen molar-refractivity contribution in [1.29, 1.82) is 21.0 Å². The van der Waals surface area contributed by atoms with Crippen molar-refractivity contribution in [1.82, 2.24) is 9.97 Å². The van der Waals surface area contributed by atoms with Gasteiger partial charge in [-0.2, -0.15) is 21.0 Å². The number of hydrogen-bond donors (Lipinski definition) is 2. The number of anilines is 2. The highest BCUT2D eigenvalue weighted by molar-refractivity contribution is 6.54. The number of carbonyl (C=O) groups excluding carboxylic acids is 2. The van der Waals surface area contributed by atoms with Crippen LogP contribution in [0.5, 0.6) is 0 Å². The number of benzene rings is 9. The van der Waals surface area contributed by atoms with Crippen molar-refractivity contribution in [2.75, 3.05) is 11.5 Å². The van der Waals surface area contributed by atoms with Crippen LogP contribution in [0.15, 0.2) is 146 Å². The van der Waals surface area contributed by atoms with Crippen molar-refractivity contribution in [3.63, 3.8) is 0 Å². The molecule has 1 aromatic heterocycles. The SMILES string of the molecule is C.N#Cc1cc(N)c(N)cc1C#N.N#Cc1cc2nc3c4ccccc4c4ccc5ccccc5c4c3nc2cc1C#N.O=C1C(=O)c2c(ccc3ccccc23)-c2ccccc21. The Morgan fingerprint density at radius 2 is 0.873 bits per heavy atom. The van der Waals surface area contributed by atoms with Crippen molar-refractivity contribution in [3.8, 4) is 35.4 Å². The second kappa shape index (κ2) is 16.3. The molecule has 0 bridgehead atoms. The van der Waals surface area contributed by atoms with E-state index in [2.05, 4.69) is 48.5 Å². The summed E-state index contributed by atoms with van der Waals surface area (Å²) in [6.07, 6.45) is 0. The molecule has 11 rings (SSSR count). The first-order chi connectivity index (χ1) is 30.2. The monoisotopic (exact) mass is 812 g/mol. The first-order valence-corrected chi connectivity index (χ1v) is 19.2. The first kappa shape index (κ1) is 40.3. The summed E-state index contributed by atoms with van der Waals surface area (Å²) in [6.45, 7) is 0. The van der Waals surface area contributed by atoms with E-state index < -0.39 is 11.6 Å². The topological polar surface area (TPSA) is 207 Å². The molecule has 0 radical (unpaired) electrons. The maximum atomic E-state index is 12.4. The molecule has 63 heavy (non-hydrogen) atoms. The maximum Gasteiger partial charge on any atom is 0.234 e. The lowest BCUT2D eigenvalue weighted by Crippen LogP contribution is -2.21. The molecule has 1 aliphatic rings. The van der Waals surface area contributed by atoms with Gasteiger partial charge < -0.3 is 11.5 Å². The number of rotatable bonds is 0. The van der Waals surface area contributed by atoms with Crippen molar-refractivity contribution < 1.29 is 9.59 Å². The van der Waals surface area contributed by atoms with Gasteiger partial charge in [-0.25, -0.2) is 9.97 Å². The largest absolute Gasteiger partial charge is 0.397 e. The van der Waals surface area contributed by atoms with Crippen LogP contribution < -0.4 is 11.5 Å². The zero-order valence-corrected chi connectivity index (χ0v) is 32.5. The Morgan fingerprint density at radius 3 is 1.48 bits per heavy atom. The summed E-state index contributed by atoms with van der Waals surface area (Å²) >= 11 is 0. The molecule has 0 saturated carbocycles. The Kier molecular flexibility index (Phi) is 10.4. The maximum absolute atomic E-state index is 12.4. The highest BCUT2D eigenvalue weighted by Crippen LogP contribution is 2.39. The van der Waals surface area contributed by atoms with Gasteiger partial charge in [0.1, 0.15) is 24.3 Å². The van der Waals surface area contributed by atoms with Gasteiger partial charge in [0.05, 0.1) is 55.7 Å². The molecule has 4 N–H and O–H groups in total. The predicted octanol–water partition coefficient (Wildman–Crippen LogP) is 11.1. The Hall–Kier alpha value is -9.48. The number of hydrogen-bond acceptors (Lipinski definition) is 10. The molecule has 0 aliphatic heterocycles. The van der Waals surface area contributed by atoms with Gasteiger partial charge in [-0.1, -0.05) is 129 Å². The lowest BCUT2D eigenvalue weighted by molar-refractivity contribution is 0.0816. The number of ketones is 2. The van der Waals surface area contributed by atoms with E-state index >= 15 is 0 Å². The van der Waals surface area contributed by atoms with Crippen molar-refractivity contribution in [3.05, 3.63) is 179 Å². The molecule has 0 saturated heterocycles. The fourth-order valence-electron chi connectivity index (χ4n) is 8.04. The summed E-state index contributed by atoms with van der Waals surface area (Å²) in [4.78, 5) is 34.6. The van der Waals surface area contributed by atoms with Gasteiger partial charge in [-0.3, -0.25) is 9.59 Å². The minimum absolute atomic E-state index is 0. The number of Topliss-reactive ketones (excluding diaryl/α,β-unsaturated/α-hetero) is 2. The number of nitrogens with zero attached hydrogens (tertiary/aromatic N) is 6. The Balaban J connectivity index is 0.000000142. The number of nitrogen functional groups attached to an aromatic ring is 2. The molecule has 10 nitrogen and oxygen atoms in total. The highest BCUT2D eigenvalue weighted by atomic mass is 16.2. The molecule has 0 fully saturated rings. The molecule has 10 aromatic rings. The third kappa shape index (κ3) is 6.79. The molecule has 0 spiro atoms. The molecule has 0 atom stereocenters. The van der Waals surface area contributed by atoms with Gasteiger partial charge in [-0.15, -0.1) is 0 Å². The number of fused-ring (bicyclic) bond motifs is 14. The minimum atomic E-state index is -0.413.